The number of rotatable bonds is 11. The highest BCUT2D eigenvalue weighted by Crippen LogP contribution is 2.15. The Bertz CT molecular complexity index is 308. The summed E-state index contributed by atoms with van der Waals surface area (Å²) in [6.07, 6.45) is 15.8. The van der Waals surface area contributed by atoms with Gasteiger partial charge in [-0.3, -0.25) is 0 Å². The van der Waals surface area contributed by atoms with Crippen molar-refractivity contribution in [3.8, 4) is 0 Å². The van der Waals surface area contributed by atoms with Crippen LogP contribution in [-0.2, 0) is 0 Å². The van der Waals surface area contributed by atoms with Crippen LogP contribution in [0.15, 0.2) is 61.5 Å². The lowest BCUT2D eigenvalue weighted by Crippen LogP contribution is -2.21. The molecule has 0 fully saturated rings. The average Bonchev–Trinajstić information content (AvgIpc) is 2.42. The van der Waals surface area contributed by atoms with E-state index in [1.54, 1.807) is 0 Å². The summed E-state index contributed by atoms with van der Waals surface area (Å²) in [5.74, 6) is 0. The van der Waals surface area contributed by atoms with E-state index in [0.717, 1.165) is 50.0 Å². The maximum Gasteiger partial charge on any atom is 0.0334 e. The van der Waals surface area contributed by atoms with Gasteiger partial charge in [0.05, 0.1) is 0 Å². The van der Waals surface area contributed by atoms with Crippen LogP contribution in [-0.4, -0.2) is 11.4 Å². The van der Waals surface area contributed by atoms with Crippen LogP contribution < -0.4 is 0 Å². The zero-order valence-corrected chi connectivity index (χ0v) is 12.7. The third-order valence-electron chi connectivity index (χ3n) is 2.83. The minimum atomic E-state index is 0.966. The fraction of sp³-hybridized carbons (Fsp3) is 0.444. The molecule has 0 bridgehead atoms. The van der Waals surface area contributed by atoms with Crippen molar-refractivity contribution in [3.63, 3.8) is 0 Å². The summed E-state index contributed by atoms with van der Waals surface area (Å²) >= 11 is 0. The normalized spacial score (nSPS) is 11.1. The summed E-state index contributed by atoms with van der Waals surface area (Å²) in [7, 11) is 0. The largest absolute Gasteiger partial charge is 0.343 e. The Balaban J connectivity index is 4.57. The van der Waals surface area contributed by atoms with Crippen molar-refractivity contribution in [2.45, 2.75) is 46.0 Å². The molecule has 1 heteroatoms. The van der Waals surface area contributed by atoms with E-state index < -0.39 is 0 Å². The van der Waals surface area contributed by atoms with Gasteiger partial charge in [-0.05, 0) is 44.3 Å². The van der Waals surface area contributed by atoms with Gasteiger partial charge >= 0.3 is 0 Å². The molecule has 0 heterocycles. The van der Waals surface area contributed by atoms with Gasteiger partial charge in [-0.15, -0.1) is 6.58 Å². The van der Waals surface area contributed by atoms with E-state index in [1.807, 2.05) is 6.08 Å². The van der Waals surface area contributed by atoms with E-state index in [4.69, 9.17) is 0 Å². The van der Waals surface area contributed by atoms with Crippen molar-refractivity contribution < 1.29 is 0 Å². The summed E-state index contributed by atoms with van der Waals surface area (Å²) in [5.41, 5.74) is 2.04. The molecule has 0 aromatic heterocycles. The predicted octanol–water partition coefficient (Wildman–Crippen LogP) is 5.60. The van der Waals surface area contributed by atoms with Crippen molar-refractivity contribution >= 4 is 0 Å². The molecule has 0 aliphatic heterocycles. The van der Waals surface area contributed by atoms with Crippen LogP contribution >= 0.6 is 0 Å². The second kappa shape index (κ2) is 11.6. The van der Waals surface area contributed by atoms with E-state index >= 15 is 0 Å². The summed E-state index contributed by atoms with van der Waals surface area (Å²) in [5, 5.41) is 0. The van der Waals surface area contributed by atoms with E-state index in [9.17, 15) is 0 Å². The van der Waals surface area contributed by atoms with Gasteiger partial charge < -0.3 is 4.90 Å². The molecular weight excluding hydrogens is 230 g/mol. The van der Waals surface area contributed by atoms with E-state index in [2.05, 4.69) is 62.8 Å². The van der Waals surface area contributed by atoms with Gasteiger partial charge in [0, 0.05) is 17.9 Å². The summed E-state index contributed by atoms with van der Waals surface area (Å²) in [4.78, 5) is 2.20. The molecule has 0 spiro atoms. The van der Waals surface area contributed by atoms with Crippen LogP contribution in [0.1, 0.15) is 46.0 Å². The van der Waals surface area contributed by atoms with Crippen LogP contribution in [0, 0.1) is 0 Å². The average molecular weight is 259 g/mol. The Morgan fingerprint density at radius 3 is 1.89 bits per heavy atom. The van der Waals surface area contributed by atoms with Crippen LogP contribution in [0.4, 0.5) is 0 Å². The zero-order chi connectivity index (χ0) is 14.5. The Morgan fingerprint density at radius 1 is 0.947 bits per heavy atom. The van der Waals surface area contributed by atoms with E-state index in [1.165, 1.54) is 0 Å². The van der Waals surface area contributed by atoms with Crippen molar-refractivity contribution in [1.82, 2.24) is 4.90 Å². The quantitative estimate of drug-likeness (QED) is 0.265. The molecule has 0 aliphatic rings. The molecule has 106 valence electrons. The second-order valence-electron chi connectivity index (χ2n) is 4.54. The highest BCUT2D eigenvalue weighted by atomic mass is 15.1. The lowest BCUT2D eigenvalue weighted by Gasteiger charge is -2.25. The number of hydrogen-bond acceptors (Lipinski definition) is 1. The predicted molar refractivity (Wildman–Crippen MR) is 87.9 cm³/mol. The third-order valence-corrected chi connectivity index (χ3v) is 2.83. The fourth-order valence-electron chi connectivity index (χ4n) is 1.72. The first kappa shape index (κ1) is 17.5. The fourth-order valence-corrected chi connectivity index (χ4v) is 1.72. The molecule has 0 aromatic rings. The Kier molecular flexibility index (Phi) is 10.7. The second-order valence-corrected chi connectivity index (χ2v) is 4.54. The molecule has 0 aromatic carbocycles. The maximum atomic E-state index is 4.14. The van der Waals surface area contributed by atoms with Crippen LogP contribution in [0.25, 0.3) is 0 Å². The molecule has 0 saturated heterocycles. The number of allylic oxidation sites excluding steroid dienone is 5. The molecule has 0 unspecified atom stereocenters. The molecule has 0 N–H and O–H groups in total. The van der Waals surface area contributed by atoms with Gasteiger partial charge in [0.15, 0.2) is 0 Å². The molecule has 0 atom stereocenters. The minimum Gasteiger partial charge on any atom is -0.343 e. The van der Waals surface area contributed by atoms with Crippen molar-refractivity contribution in [3.05, 3.63) is 61.5 Å². The highest BCUT2D eigenvalue weighted by molar-refractivity contribution is 5.24. The molecule has 1 nitrogen and oxygen atoms in total. The smallest absolute Gasteiger partial charge is 0.0334 e. The molecule has 0 saturated carbocycles. The first-order valence-electron chi connectivity index (χ1n) is 7.26. The standard InChI is InChI=1S/C18H29N/c1-6-9-12-13-16-19(17(4)14-10-7-2)18(5)15-11-8-3/h6,10-11,14-15H,1,4-5,7-9,12-13,16H2,2-3H3/b14-10-,15-11-. The van der Waals surface area contributed by atoms with Gasteiger partial charge in [-0.2, -0.15) is 0 Å². The summed E-state index contributed by atoms with van der Waals surface area (Å²) in [6, 6.07) is 0. The number of nitrogens with zero attached hydrogens (tertiary/aromatic N) is 1. The Morgan fingerprint density at radius 2 is 1.47 bits per heavy atom. The molecule has 0 rings (SSSR count). The first-order valence-corrected chi connectivity index (χ1v) is 7.26. The number of hydrogen-bond donors (Lipinski definition) is 0. The SMILES string of the molecule is C=CCCCCN(C(=C)/C=C\CC)C(=C)/C=C\CC. The lowest BCUT2D eigenvalue weighted by molar-refractivity contribution is 0.436. The van der Waals surface area contributed by atoms with E-state index in [-0.39, 0.29) is 0 Å². The van der Waals surface area contributed by atoms with Crippen molar-refractivity contribution in [2.24, 2.45) is 0 Å². The lowest BCUT2D eigenvalue weighted by atomic mass is 10.2. The van der Waals surface area contributed by atoms with Gasteiger partial charge in [0.25, 0.3) is 0 Å². The number of unbranched alkanes of at least 4 members (excludes halogenated alkanes) is 2. The van der Waals surface area contributed by atoms with E-state index in [0.29, 0.717) is 0 Å². The molecule has 0 aliphatic carbocycles. The Hall–Kier alpha value is -1.50. The Labute approximate surface area is 119 Å². The van der Waals surface area contributed by atoms with Crippen molar-refractivity contribution in [2.75, 3.05) is 6.54 Å². The molecule has 19 heavy (non-hydrogen) atoms. The molecular formula is C18H29N. The van der Waals surface area contributed by atoms with Gasteiger partial charge in [0.1, 0.15) is 0 Å². The minimum absolute atomic E-state index is 0.966. The van der Waals surface area contributed by atoms with Crippen LogP contribution in [0.5, 0.6) is 0 Å². The van der Waals surface area contributed by atoms with Gasteiger partial charge in [-0.1, -0.05) is 45.2 Å². The monoisotopic (exact) mass is 259 g/mol. The highest BCUT2D eigenvalue weighted by Gasteiger charge is 2.06. The summed E-state index contributed by atoms with van der Waals surface area (Å²) < 4.78 is 0. The summed E-state index contributed by atoms with van der Waals surface area (Å²) in [6.45, 7) is 17.3. The first-order chi connectivity index (χ1) is 9.17. The van der Waals surface area contributed by atoms with Gasteiger partial charge in [0.2, 0.25) is 0 Å². The van der Waals surface area contributed by atoms with Crippen LogP contribution in [0.3, 0.4) is 0 Å². The molecule has 0 amide bonds. The van der Waals surface area contributed by atoms with Crippen LogP contribution in [0.2, 0.25) is 0 Å². The maximum absolute atomic E-state index is 4.14. The van der Waals surface area contributed by atoms with Crippen molar-refractivity contribution in [1.29, 1.82) is 0 Å². The van der Waals surface area contributed by atoms with Gasteiger partial charge in [-0.25, -0.2) is 0 Å². The molecule has 0 radical (unpaired) electrons. The zero-order valence-electron chi connectivity index (χ0n) is 12.7. The third kappa shape index (κ3) is 8.25. The topological polar surface area (TPSA) is 3.24 Å².